The maximum Gasteiger partial charge on any atom is 0.172 e. The number of halogens is 1. The molecule has 5 heteroatoms. The lowest BCUT2D eigenvalue weighted by atomic mass is 9.76. The van der Waals surface area contributed by atoms with Crippen LogP contribution < -0.4 is 10.1 Å². The van der Waals surface area contributed by atoms with E-state index >= 15 is 0 Å². The summed E-state index contributed by atoms with van der Waals surface area (Å²) in [6, 6.07) is 19.1. The molecule has 168 valence electrons. The lowest BCUT2D eigenvalue weighted by Gasteiger charge is -2.37. The number of nitrogens with zero attached hydrogens (tertiary/aromatic N) is 1. The van der Waals surface area contributed by atoms with Crippen molar-refractivity contribution in [3.63, 3.8) is 0 Å². The summed E-state index contributed by atoms with van der Waals surface area (Å²) < 4.78 is 6.09. The number of aromatic hydroxyl groups is 1. The van der Waals surface area contributed by atoms with Gasteiger partial charge in [-0.05, 0) is 89.1 Å². The number of allylic oxidation sites excluding steroid dienone is 2. The van der Waals surface area contributed by atoms with Crippen LogP contribution in [0.25, 0.3) is 0 Å². The van der Waals surface area contributed by atoms with Crippen LogP contribution in [0.15, 0.2) is 76.2 Å². The van der Waals surface area contributed by atoms with Crippen LogP contribution >= 0.6 is 15.9 Å². The minimum Gasteiger partial charge on any atom is -0.503 e. The van der Waals surface area contributed by atoms with Gasteiger partial charge in [0, 0.05) is 17.8 Å². The van der Waals surface area contributed by atoms with Gasteiger partial charge in [0.15, 0.2) is 11.5 Å². The first-order chi connectivity index (χ1) is 16.0. The Labute approximate surface area is 203 Å². The van der Waals surface area contributed by atoms with Crippen LogP contribution in [0.2, 0.25) is 0 Å². The molecule has 0 unspecified atom stereocenters. The second kappa shape index (κ2) is 9.06. The summed E-state index contributed by atoms with van der Waals surface area (Å²) in [6.45, 7) is 4.53. The first-order valence-corrected chi connectivity index (χ1v) is 12.2. The molecule has 0 saturated heterocycles. The number of fused-ring (bicyclic) bond motifs is 3. The number of ether oxygens (including phenoxy) is 1. The summed E-state index contributed by atoms with van der Waals surface area (Å²) in [5, 5.41) is 13.9. The van der Waals surface area contributed by atoms with Gasteiger partial charge in [-0.1, -0.05) is 42.0 Å². The van der Waals surface area contributed by atoms with E-state index in [1.807, 2.05) is 13.0 Å². The molecule has 0 aromatic heterocycles. The van der Waals surface area contributed by atoms with E-state index in [0.717, 1.165) is 17.7 Å². The Balaban J connectivity index is 1.37. The standard InChI is InChI=1S/C28H27BrN2O2/c1-3-33-26-15-18(14-24(29)28(26)32)16-30-20-10-8-19(9-11-20)27-22-6-4-5-21(22)23-13-17(2)7-12-25(23)31-27/h4-5,7-16,21-22,27,31-32H,3,6H2,1-2H3/t21-,22+,27-/m0/s1. The Kier molecular flexibility index (Phi) is 5.98. The van der Waals surface area contributed by atoms with Crippen molar-refractivity contribution >= 4 is 33.5 Å². The third-order valence-electron chi connectivity index (χ3n) is 6.48. The Morgan fingerprint density at radius 2 is 1.97 bits per heavy atom. The van der Waals surface area contributed by atoms with Crippen LogP contribution in [0.4, 0.5) is 11.4 Å². The molecule has 2 N–H and O–H groups in total. The lowest BCUT2D eigenvalue weighted by Crippen LogP contribution is -2.29. The molecule has 3 aromatic rings. The molecule has 1 aliphatic carbocycles. The zero-order valence-electron chi connectivity index (χ0n) is 18.8. The molecular weight excluding hydrogens is 476 g/mol. The van der Waals surface area contributed by atoms with E-state index in [1.165, 1.54) is 22.4 Å². The van der Waals surface area contributed by atoms with Crippen molar-refractivity contribution < 1.29 is 9.84 Å². The van der Waals surface area contributed by atoms with E-state index < -0.39 is 0 Å². The van der Waals surface area contributed by atoms with E-state index in [-0.39, 0.29) is 11.8 Å². The Bertz CT molecular complexity index is 1230. The molecule has 4 nitrogen and oxygen atoms in total. The molecule has 0 fully saturated rings. The number of nitrogens with one attached hydrogen (secondary N) is 1. The topological polar surface area (TPSA) is 53.8 Å². The summed E-state index contributed by atoms with van der Waals surface area (Å²) in [4.78, 5) is 4.63. The van der Waals surface area contributed by atoms with Crippen LogP contribution in [0.3, 0.4) is 0 Å². The first kappa shape index (κ1) is 21.8. The molecule has 33 heavy (non-hydrogen) atoms. The van der Waals surface area contributed by atoms with Gasteiger partial charge >= 0.3 is 0 Å². The number of hydrogen-bond donors (Lipinski definition) is 2. The fraction of sp³-hybridized carbons (Fsp3) is 0.250. The summed E-state index contributed by atoms with van der Waals surface area (Å²) in [6.07, 6.45) is 7.58. The number of hydrogen-bond acceptors (Lipinski definition) is 4. The van der Waals surface area contributed by atoms with E-state index in [2.05, 4.69) is 87.8 Å². The highest BCUT2D eigenvalue weighted by Gasteiger charge is 2.37. The minimum atomic E-state index is 0.106. The molecule has 1 heterocycles. The summed E-state index contributed by atoms with van der Waals surface area (Å²) in [5.74, 6) is 1.55. The van der Waals surface area contributed by atoms with E-state index in [4.69, 9.17) is 4.74 Å². The van der Waals surface area contributed by atoms with Crippen LogP contribution in [0, 0.1) is 12.8 Å². The van der Waals surface area contributed by atoms with Gasteiger partial charge in [-0.15, -0.1) is 0 Å². The van der Waals surface area contributed by atoms with Gasteiger partial charge in [0.1, 0.15) is 0 Å². The Morgan fingerprint density at radius 3 is 2.76 bits per heavy atom. The summed E-state index contributed by atoms with van der Waals surface area (Å²) in [7, 11) is 0. The number of aliphatic imine (C=N–C) groups is 1. The molecule has 0 radical (unpaired) electrons. The van der Waals surface area contributed by atoms with Gasteiger partial charge in [0.25, 0.3) is 0 Å². The van der Waals surface area contributed by atoms with E-state index in [1.54, 1.807) is 12.3 Å². The largest absolute Gasteiger partial charge is 0.503 e. The quantitative estimate of drug-likeness (QED) is 0.281. The number of aryl methyl sites for hydroxylation is 1. The van der Waals surface area contributed by atoms with Crippen LogP contribution in [-0.4, -0.2) is 17.9 Å². The molecule has 0 bridgehead atoms. The van der Waals surface area contributed by atoms with Crippen molar-refractivity contribution in [2.45, 2.75) is 32.2 Å². The highest BCUT2D eigenvalue weighted by Crippen LogP contribution is 2.50. The van der Waals surface area contributed by atoms with Gasteiger partial charge in [-0.2, -0.15) is 0 Å². The molecule has 1 aliphatic heterocycles. The average molecular weight is 503 g/mol. The average Bonchev–Trinajstić information content (AvgIpc) is 3.31. The van der Waals surface area contributed by atoms with Gasteiger partial charge in [0.05, 0.1) is 22.8 Å². The van der Waals surface area contributed by atoms with Crippen molar-refractivity contribution in [2.24, 2.45) is 10.9 Å². The highest BCUT2D eigenvalue weighted by atomic mass is 79.9. The van der Waals surface area contributed by atoms with E-state index in [9.17, 15) is 5.11 Å². The van der Waals surface area contributed by atoms with Gasteiger partial charge in [-0.25, -0.2) is 0 Å². The minimum absolute atomic E-state index is 0.106. The van der Waals surface area contributed by atoms with Crippen LogP contribution in [-0.2, 0) is 0 Å². The number of phenols is 1. The van der Waals surface area contributed by atoms with Crippen molar-refractivity contribution in [3.8, 4) is 11.5 Å². The smallest absolute Gasteiger partial charge is 0.172 e. The fourth-order valence-electron chi connectivity index (χ4n) is 4.89. The third-order valence-corrected chi connectivity index (χ3v) is 7.09. The Morgan fingerprint density at radius 1 is 1.15 bits per heavy atom. The zero-order valence-corrected chi connectivity index (χ0v) is 20.3. The van der Waals surface area contributed by atoms with Crippen molar-refractivity contribution in [3.05, 3.63) is 93.5 Å². The predicted octanol–water partition coefficient (Wildman–Crippen LogP) is 7.44. The second-order valence-corrected chi connectivity index (χ2v) is 9.55. The van der Waals surface area contributed by atoms with Crippen molar-refractivity contribution in [1.82, 2.24) is 0 Å². The number of phenolic OH excluding ortho intramolecular Hbond substituents is 1. The van der Waals surface area contributed by atoms with Crippen LogP contribution in [0.5, 0.6) is 11.5 Å². The molecule has 3 atom stereocenters. The summed E-state index contributed by atoms with van der Waals surface area (Å²) in [5.41, 5.74) is 6.98. The lowest BCUT2D eigenvalue weighted by molar-refractivity contribution is 0.317. The molecule has 0 spiro atoms. The van der Waals surface area contributed by atoms with Gasteiger partial charge < -0.3 is 15.2 Å². The maximum atomic E-state index is 10.1. The molecule has 0 saturated carbocycles. The number of rotatable bonds is 5. The van der Waals surface area contributed by atoms with Crippen molar-refractivity contribution in [1.29, 1.82) is 0 Å². The van der Waals surface area contributed by atoms with Crippen LogP contribution in [0.1, 0.15) is 47.6 Å². The van der Waals surface area contributed by atoms with E-state index in [0.29, 0.717) is 28.7 Å². The Hall–Kier alpha value is -3.05. The molecule has 5 rings (SSSR count). The third kappa shape index (κ3) is 4.30. The maximum absolute atomic E-state index is 10.1. The monoisotopic (exact) mass is 502 g/mol. The van der Waals surface area contributed by atoms with Crippen molar-refractivity contribution in [2.75, 3.05) is 11.9 Å². The molecule has 2 aliphatic rings. The zero-order chi connectivity index (χ0) is 22.9. The molecule has 3 aromatic carbocycles. The second-order valence-electron chi connectivity index (χ2n) is 8.70. The molecule has 0 amide bonds. The first-order valence-electron chi connectivity index (χ1n) is 11.4. The highest BCUT2D eigenvalue weighted by molar-refractivity contribution is 9.10. The predicted molar refractivity (Wildman–Crippen MR) is 138 cm³/mol. The van der Waals surface area contributed by atoms with Gasteiger partial charge in [0.2, 0.25) is 0 Å². The number of anilines is 1. The normalized spacial score (nSPS) is 21.0. The van der Waals surface area contributed by atoms with Gasteiger partial charge in [-0.3, -0.25) is 4.99 Å². The fourth-order valence-corrected chi connectivity index (χ4v) is 5.35. The molecular formula is C28H27BrN2O2. The summed E-state index contributed by atoms with van der Waals surface area (Å²) >= 11 is 3.38. The SMILES string of the molecule is CCOc1cc(C=Nc2ccc([C@@H]3Nc4ccc(C)cc4[C@H]4C=CC[C@H]43)cc2)cc(Br)c1O. The number of benzene rings is 3.